The van der Waals surface area contributed by atoms with E-state index >= 15 is 0 Å². The van der Waals surface area contributed by atoms with Crippen molar-refractivity contribution in [3.8, 4) is 0 Å². The van der Waals surface area contributed by atoms with Gasteiger partial charge in [0, 0.05) is 0 Å². The van der Waals surface area contributed by atoms with Crippen molar-refractivity contribution in [2.24, 2.45) is 0 Å². The molecule has 1 aromatic rings. The Labute approximate surface area is 95.0 Å². The molecular weight excluding hydrogens is 180 g/mol. The second-order valence-corrected chi connectivity index (χ2v) is 3.65. The molecule has 0 aliphatic heterocycles. The molecule has 0 fully saturated rings. The predicted molar refractivity (Wildman–Crippen MR) is 71.1 cm³/mol. The van der Waals surface area contributed by atoms with Gasteiger partial charge in [-0.1, -0.05) is 77.0 Å². The van der Waals surface area contributed by atoms with Crippen LogP contribution >= 0.6 is 0 Å². The molecule has 0 saturated heterocycles. The summed E-state index contributed by atoms with van der Waals surface area (Å²) < 4.78 is 0. The van der Waals surface area contributed by atoms with Crippen LogP contribution in [0.15, 0.2) is 30.8 Å². The summed E-state index contributed by atoms with van der Waals surface area (Å²) in [6, 6.07) is 8.41. The topological polar surface area (TPSA) is 0 Å². The SMILES string of the molecule is C=Cc1ccccc1CCC.CCCC. The number of benzene rings is 1. The number of hydrogen-bond acceptors (Lipinski definition) is 0. The quantitative estimate of drug-likeness (QED) is 0.641. The summed E-state index contributed by atoms with van der Waals surface area (Å²) in [6.07, 6.45) is 6.91. The van der Waals surface area contributed by atoms with Crippen molar-refractivity contribution < 1.29 is 0 Å². The first kappa shape index (κ1) is 14.0. The smallest absolute Gasteiger partial charge is 0.0230 e. The van der Waals surface area contributed by atoms with Crippen molar-refractivity contribution in [3.63, 3.8) is 0 Å². The summed E-state index contributed by atoms with van der Waals surface area (Å²) in [7, 11) is 0. The zero-order valence-corrected chi connectivity index (χ0v) is 10.4. The number of rotatable bonds is 4. The third kappa shape index (κ3) is 6.11. The van der Waals surface area contributed by atoms with E-state index in [1.54, 1.807) is 0 Å². The van der Waals surface area contributed by atoms with Gasteiger partial charge in [0.1, 0.15) is 0 Å². The maximum absolute atomic E-state index is 3.77. The van der Waals surface area contributed by atoms with Gasteiger partial charge in [-0.25, -0.2) is 0 Å². The highest BCUT2D eigenvalue weighted by atomic mass is 14.0. The van der Waals surface area contributed by atoms with Gasteiger partial charge in [-0.2, -0.15) is 0 Å². The fourth-order valence-electron chi connectivity index (χ4n) is 1.23. The van der Waals surface area contributed by atoms with Crippen molar-refractivity contribution in [3.05, 3.63) is 42.0 Å². The molecule has 0 aliphatic rings. The highest BCUT2D eigenvalue weighted by Gasteiger charge is 1.94. The van der Waals surface area contributed by atoms with E-state index in [0.29, 0.717) is 0 Å². The highest BCUT2D eigenvalue weighted by molar-refractivity contribution is 5.51. The fourth-order valence-corrected chi connectivity index (χ4v) is 1.23. The Hall–Kier alpha value is -1.04. The van der Waals surface area contributed by atoms with Gasteiger partial charge in [-0.3, -0.25) is 0 Å². The van der Waals surface area contributed by atoms with Crippen LogP contribution in [0.4, 0.5) is 0 Å². The molecule has 0 radical (unpaired) electrons. The van der Waals surface area contributed by atoms with Gasteiger partial charge < -0.3 is 0 Å². The first-order valence-corrected chi connectivity index (χ1v) is 6.00. The van der Waals surface area contributed by atoms with Crippen LogP contribution in [0.3, 0.4) is 0 Å². The van der Waals surface area contributed by atoms with Crippen molar-refractivity contribution in [2.45, 2.75) is 46.5 Å². The summed E-state index contributed by atoms with van der Waals surface area (Å²) in [6.45, 7) is 10.3. The minimum atomic E-state index is 1.15. The van der Waals surface area contributed by atoms with E-state index in [-0.39, 0.29) is 0 Å². The van der Waals surface area contributed by atoms with E-state index in [1.807, 2.05) is 6.08 Å². The average molecular weight is 204 g/mol. The molecule has 0 aliphatic carbocycles. The molecule has 0 heteroatoms. The number of aryl methyl sites for hydroxylation is 1. The van der Waals surface area contributed by atoms with Crippen molar-refractivity contribution in [2.75, 3.05) is 0 Å². The highest BCUT2D eigenvalue weighted by Crippen LogP contribution is 2.11. The molecule has 0 atom stereocenters. The van der Waals surface area contributed by atoms with Gasteiger partial charge in [0.05, 0.1) is 0 Å². The number of hydrogen-bond donors (Lipinski definition) is 0. The largest absolute Gasteiger partial charge is 0.0985 e. The van der Waals surface area contributed by atoms with Crippen LogP contribution in [0.1, 0.15) is 51.2 Å². The van der Waals surface area contributed by atoms with E-state index in [9.17, 15) is 0 Å². The van der Waals surface area contributed by atoms with Crippen LogP contribution in [0.25, 0.3) is 6.08 Å². The van der Waals surface area contributed by atoms with E-state index in [0.717, 1.165) is 6.42 Å². The Morgan fingerprint density at radius 1 is 1.00 bits per heavy atom. The Bertz CT molecular complexity index is 258. The summed E-state index contributed by atoms with van der Waals surface area (Å²) in [5.74, 6) is 0. The second kappa shape index (κ2) is 9.51. The Balaban J connectivity index is 0.000000423. The van der Waals surface area contributed by atoms with Crippen molar-refractivity contribution in [1.29, 1.82) is 0 Å². The molecule has 0 amide bonds. The summed E-state index contributed by atoms with van der Waals surface area (Å²) in [5.41, 5.74) is 2.68. The van der Waals surface area contributed by atoms with Gasteiger partial charge in [0.15, 0.2) is 0 Å². The Morgan fingerprint density at radius 2 is 1.60 bits per heavy atom. The molecule has 1 rings (SSSR count). The van der Waals surface area contributed by atoms with Crippen LogP contribution in [0, 0.1) is 0 Å². The lowest BCUT2D eigenvalue weighted by Gasteiger charge is -2.02. The lowest BCUT2D eigenvalue weighted by Crippen LogP contribution is -1.86. The van der Waals surface area contributed by atoms with Crippen LogP contribution in [-0.4, -0.2) is 0 Å². The lowest BCUT2D eigenvalue weighted by atomic mass is 10.0. The summed E-state index contributed by atoms with van der Waals surface area (Å²) in [4.78, 5) is 0. The molecule has 1 aromatic carbocycles. The van der Waals surface area contributed by atoms with Crippen LogP contribution in [-0.2, 0) is 6.42 Å². The fraction of sp³-hybridized carbons (Fsp3) is 0.467. The second-order valence-electron chi connectivity index (χ2n) is 3.65. The van der Waals surface area contributed by atoms with Crippen molar-refractivity contribution >= 4 is 6.08 Å². The van der Waals surface area contributed by atoms with Gasteiger partial charge in [-0.05, 0) is 17.5 Å². The standard InChI is InChI=1S/C11H14.C4H10/c1-3-7-11-9-6-5-8-10(11)4-2;1-3-4-2/h4-6,8-9H,2-3,7H2,1H3;3-4H2,1-2H3. The average Bonchev–Trinajstić information content (AvgIpc) is 2.30. The predicted octanol–water partition coefficient (Wildman–Crippen LogP) is 5.09. The summed E-state index contributed by atoms with van der Waals surface area (Å²) >= 11 is 0. The minimum absolute atomic E-state index is 1.15. The summed E-state index contributed by atoms with van der Waals surface area (Å²) in [5, 5.41) is 0. The molecular formula is C15H24. The zero-order chi connectivity index (χ0) is 11.5. The van der Waals surface area contributed by atoms with E-state index in [4.69, 9.17) is 0 Å². The minimum Gasteiger partial charge on any atom is -0.0985 e. The van der Waals surface area contributed by atoms with Gasteiger partial charge in [-0.15, -0.1) is 0 Å². The third-order valence-electron chi connectivity index (χ3n) is 2.29. The Kier molecular flexibility index (Phi) is 8.85. The van der Waals surface area contributed by atoms with E-state index in [1.165, 1.54) is 30.4 Å². The van der Waals surface area contributed by atoms with Crippen LogP contribution < -0.4 is 0 Å². The van der Waals surface area contributed by atoms with Crippen LogP contribution in [0.5, 0.6) is 0 Å². The molecule has 0 unspecified atom stereocenters. The molecule has 0 spiro atoms. The van der Waals surface area contributed by atoms with Gasteiger partial charge in [0.2, 0.25) is 0 Å². The third-order valence-corrected chi connectivity index (χ3v) is 2.29. The molecule has 0 heterocycles. The van der Waals surface area contributed by atoms with Gasteiger partial charge >= 0.3 is 0 Å². The number of unbranched alkanes of at least 4 members (excludes halogenated alkanes) is 1. The monoisotopic (exact) mass is 204 g/mol. The Morgan fingerprint density at radius 3 is 2.07 bits per heavy atom. The molecule has 0 N–H and O–H groups in total. The molecule has 15 heavy (non-hydrogen) atoms. The molecule has 0 saturated carbocycles. The molecule has 0 nitrogen and oxygen atoms in total. The van der Waals surface area contributed by atoms with Gasteiger partial charge in [0.25, 0.3) is 0 Å². The first-order chi connectivity index (χ1) is 7.29. The maximum atomic E-state index is 3.77. The molecule has 0 bridgehead atoms. The first-order valence-electron chi connectivity index (χ1n) is 6.00. The maximum Gasteiger partial charge on any atom is -0.0230 e. The van der Waals surface area contributed by atoms with E-state index in [2.05, 4.69) is 51.6 Å². The van der Waals surface area contributed by atoms with Crippen LogP contribution in [0.2, 0.25) is 0 Å². The normalized spacial score (nSPS) is 9.00. The van der Waals surface area contributed by atoms with E-state index < -0.39 is 0 Å². The van der Waals surface area contributed by atoms with Crippen molar-refractivity contribution in [1.82, 2.24) is 0 Å². The molecule has 0 aromatic heterocycles. The lowest BCUT2D eigenvalue weighted by molar-refractivity contribution is 0.886. The zero-order valence-electron chi connectivity index (χ0n) is 10.4. The molecule has 84 valence electrons.